The highest BCUT2D eigenvalue weighted by Gasteiger charge is 2.31. The number of carbonyl (C=O) groups excluding carboxylic acids is 2. The van der Waals surface area contributed by atoms with Gasteiger partial charge >= 0.3 is 5.97 Å². The second-order valence-electron chi connectivity index (χ2n) is 4.53. The van der Waals surface area contributed by atoms with Crippen LogP contribution in [0.2, 0.25) is 0 Å². The molecule has 0 atom stereocenters. The van der Waals surface area contributed by atoms with Crippen LogP contribution < -0.4 is 0 Å². The first-order chi connectivity index (χ1) is 10.5. The van der Waals surface area contributed by atoms with Gasteiger partial charge in [-0.2, -0.15) is 0 Å². The quantitative estimate of drug-likeness (QED) is 0.469. The minimum atomic E-state index is -0.390. The Labute approximate surface area is 137 Å². The lowest BCUT2D eigenvalue weighted by molar-refractivity contribution is -0.141. The highest BCUT2D eigenvalue weighted by molar-refractivity contribution is 8.26. The first-order valence-corrected chi connectivity index (χ1v) is 7.82. The van der Waals surface area contributed by atoms with Gasteiger partial charge < -0.3 is 4.74 Å². The molecule has 1 fully saturated rings. The Kier molecular flexibility index (Phi) is 5.68. The predicted octanol–water partition coefficient (Wildman–Crippen LogP) is 2.98. The maximum Gasteiger partial charge on any atom is 0.305 e. The fraction of sp³-hybridized carbons (Fsp3) is 0.267. The number of carbonyl (C=O) groups is 2. The van der Waals surface area contributed by atoms with Crippen molar-refractivity contribution in [2.75, 3.05) is 13.7 Å². The minimum absolute atomic E-state index is 0.222. The summed E-state index contributed by atoms with van der Waals surface area (Å²) >= 11 is 6.30. The van der Waals surface area contributed by atoms with Gasteiger partial charge in [0.15, 0.2) is 0 Å². The summed E-state index contributed by atoms with van der Waals surface area (Å²) in [6, 6.07) is 6.22. The predicted molar refractivity (Wildman–Crippen MR) is 87.5 cm³/mol. The maximum atomic E-state index is 13.6. The number of nitrogens with zero attached hydrogens (tertiary/aromatic N) is 1. The van der Waals surface area contributed by atoms with Crippen molar-refractivity contribution in [2.24, 2.45) is 0 Å². The molecule has 0 spiro atoms. The van der Waals surface area contributed by atoms with Gasteiger partial charge in [-0.1, -0.05) is 42.2 Å². The van der Waals surface area contributed by atoms with Crippen LogP contribution in [0.15, 0.2) is 29.2 Å². The fourth-order valence-corrected chi connectivity index (χ4v) is 3.21. The number of hydrogen-bond acceptors (Lipinski definition) is 5. The van der Waals surface area contributed by atoms with Crippen LogP contribution in [0, 0.1) is 5.82 Å². The van der Waals surface area contributed by atoms with Crippen LogP contribution in [0.25, 0.3) is 6.08 Å². The number of halogens is 1. The van der Waals surface area contributed by atoms with E-state index in [1.165, 1.54) is 24.2 Å². The van der Waals surface area contributed by atoms with E-state index < -0.39 is 5.82 Å². The van der Waals surface area contributed by atoms with Crippen LogP contribution in [0.4, 0.5) is 4.39 Å². The molecule has 1 aliphatic heterocycles. The van der Waals surface area contributed by atoms with E-state index in [1.807, 2.05) is 0 Å². The highest BCUT2D eigenvalue weighted by Crippen LogP contribution is 2.33. The third-order valence-corrected chi connectivity index (χ3v) is 4.43. The monoisotopic (exact) mass is 339 g/mol. The van der Waals surface area contributed by atoms with Crippen LogP contribution in [0.3, 0.4) is 0 Å². The van der Waals surface area contributed by atoms with Gasteiger partial charge in [0.1, 0.15) is 10.1 Å². The van der Waals surface area contributed by atoms with Crippen molar-refractivity contribution in [2.45, 2.75) is 12.8 Å². The van der Waals surface area contributed by atoms with Crippen LogP contribution in [0.5, 0.6) is 0 Å². The Morgan fingerprint density at radius 3 is 2.86 bits per heavy atom. The molecule has 22 heavy (non-hydrogen) atoms. The normalized spacial score (nSPS) is 16.5. The molecule has 1 aromatic rings. The summed E-state index contributed by atoms with van der Waals surface area (Å²) in [6.07, 6.45) is 2.18. The minimum Gasteiger partial charge on any atom is -0.469 e. The van der Waals surface area contributed by atoms with Gasteiger partial charge in [-0.05, 0) is 18.6 Å². The molecule has 0 N–H and O–H groups in total. The molecule has 0 radical (unpaired) electrons. The Bertz CT molecular complexity index is 645. The van der Waals surface area contributed by atoms with E-state index in [2.05, 4.69) is 4.74 Å². The molecule has 4 nitrogen and oxygen atoms in total. The number of hydrogen-bond donors (Lipinski definition) is 0. The van der Waals surface area contributed by atoms with Crippen LogP contribution in [-0.2, 0) is 14.3 Å². The largest absolute Gasteiger partial charge is 0.469 e. The third-order valence-electron chi connectivity index (χ3n) is 3.06. The molecule has 0 saturated carbocycles. The Balaban J connectivity index is 2.05. The summed E-state index contributed by atoms with van der Waals surface area (Å²) in [6.45, 7) is 0.342. The molecule has 0 unspecified atom stereocenters. The Hall–Kier alpha value is -1.73. The molecular formula is C15H14FNO3S2. The van der Waals surface area contributed by atoms with Crippen molar-refractivity contribution in [1.82, 2.24) is 4.90 Å². The van der Waals surface area contributed by atoms with Crippen molar-refractivity contribution in [1.29, 1.82) is 0 Å². The van der Waals surface area contributed by atoms with Gasteiger partial charge in [0.25, 0.3) is 5.91 Å². The van der Waals surface area contributed by atoms with Crippen molar-refractivity contribution < 1.29 is 18.7 Å². The molecular weight excluding hydrogens is 325 g/mol. The van der Waals surface area contributed by atoms with Gasteiger partial charge in [-0.3, -0.25) is 14.5 Å². The van der Waals surface area contributed by atoms with E-state index in [1.54, 1.807) is 18.2 Å². The Morgan fingerprint density at radius 2 is 2.18 bits per heavy atom. The van der Waals surface area contributed by atoms with E-state index >= 15 is 0 Å². The zero-order valence-electron chi connectivity index (χ0n) is 11.9. The number of esters is 1. The van der Waals surface area contributed by atoms with Crippen LogP contribution >= 0.6 is 24.0 Å². The average molecular weight is 339 g/mol. The topological polar surface area (TPSA) is 46.6 Å². The third kappa shape index (κ3) is 3.92. The fourth-order valence-electron chi connectivity index (χ4n) is 1.91. The lowest BCUT2D eigenvalue weighted by Gasteiger charge is -2.13. The van der Waals surface area contributed by atoms with Crippen molar-refractivity contribution in [3.8, 4) is 0 Å². The molecule has 7 heteroatoms. The lowest BCUT2D eigenvalue weighted by atomic mass is 10.2. The summed E-state index contributed by atoms with van der Waals surface area (Å²) in [4.78, 5) is 25.2. The van der Waals surface area contributed by atoms with Gasteiger partial charge in [0, 0.05) is 18.5 Å². The second-order valence-corrected chi connectivity index (χ2v) is 6.21. The lowest BCUT2D eigenvalue weighted by Crippen LogP contribution is -2.29. The SMILES string of the molecule is COC(=O)CCCN1C(=O)/C(=C/c2ccccc2F)SC1=S. The number of amides is 1. The molecule has 1 aliphatic rings. The first-order valence-electron chi connectivity index (χ1n) is 6.59. The highest BCUT2D eigenvalue weighted by atomic mass is 32.2. The van der Waals surface area contributed by atoms with E-state index in [0.717, 1.165) is 11.8 Å². The molecule has 0 bridgehead atoms. The smallest absolute Gasteiger partial charge is 0.305 e. The van der Waals surface area contributed by atoms with E-state index in [0.29, 0.717) is 27.8 Å². The zero-order chi connectivity index (χ0) is 16.1. The molecule has 0 aliphatic carbocycles. The maximum absolute atomic E-state index is 13.6. The summed E-state index contributed by atoms with van der Waals surface area (Å²) < 4.78 is 18.6. The molecule has 0 aromatic heterocycles. The first kappa shape index (κ1) is 16.6. The van der Waals surface area contributed by atoms with Crippen LogP contribution in [0.1, 0.15) is 18.4 Å². The molecule has 1 amide bonds. The second kappa shape index (κ2) is 7.51. The number of rotatable bonds is 5. The van der Waals surface area contributed by atoms with Gasteiger partial charge in [0.2, 0.25) is 0 Å². The molecule has 1 aromatic carbocycles. The van der Waals surface area contributed by atoms with Crippen molar-refractivity contribution in [3.05, 3.63) is 40.6 Å². The van der Waals surface area contributed by atoms with Crippen molar-refractivity contribution in [3.63, 3.8) is 0 Å². The molecule has 116 valence electrons. The average Bonchev–Trinajstić information content (AvgIpc) is 2.76. The van der Waals surface area contributed by atoms with Crippen molar-refractivity contribution >= 4 is 46.3 Å². The molecule has 2 rings (SSSR count). The summed E-state index contributed by atoms with van der Waals surface area (Å²) in [5.74, 6) is -0.978. The number of ether oxygens (including phenoxy) is 1. The zero-order valence-corrected chi connectivity index (χ0v) is 13.5. The van der Waals surface area contributed by atoms with E-state index in [-0.39, 0.29) is 18.3 Å². The molecule has 1 heterocycles. The number of methoxy groups -OCH3 is 1. The van der Waals surface area contributed by atoms with Crippen LogP contribution in [-0.4, -0.2) is 34.8 Å². The number of thioether (sulfide) groups is 1. The summed E-state index contributed by atoms with van der Waals surface area (Å²) in [5.41, 5.74) is 0.345. The number of thiocarbonyl (C=S) groups is 1. The van der Waals surface area contributed by atoms with E-state index in [4.69, 9.17) is 12.2 Å². The Morgan fingerprint density at radius 1 is 1.45 bits per heavy atom. The van der Waals surface area contributed by atoms with Gasteiger partial charge in [0.05, 0.1) is 12.0 Å². The van der Waals surface area contributed by atoms with Gasteiger partial charge in [-0.15, -0.1) is 0 Å². The standard InChI is InChI=1S/C15H14FNO3S2/c1-20-13(18)7-4-8-17-14(19)12(22-15(17)21)9-10-5-2-3-6-11(10)16/h2-3,5-6,9H,4,7-8H2,1H3/b12-9-. The number of benzene rings is 1. The van der Waals surface area contributed by atoms with E-state index in [9.17, 15) is 14.0 Å². The molecule has 1 saturated heterocycles. The van der Waals surface area contributed by atoms with Gasteiger partial charge in [-0.25, -0.2) is 4.39 Å². The summed E-state index contributed by atoms with van der Waals surface area (Å²) in [7, 11) is 1.32. The summed E-state index contributed by atoms with van der Waals surface area (Å²) in [5, 5.41) is 0.